The van der Waals surface area contributed by atoms with Gasteiger partial charge in [-0.05, 0) is 34.4 Å². The van der Waals surface area contributed by atoms with Crippen LogP contribution in [-0.2, 0) is 16.6 Å². The topological polar surface area (TPSA) is 37.3 Å². The standard InChI is InChI=1S/C16H24O2/c1-6-12-7-8-13(16(3,4)5)10-14(12)11(2)9-15(17)18/h7-8,10-11H,6,9H2,1-5H3,(H,17,18). The number of carboxylic acids is 1. The SMILES string of the molecule is CCc1ccc(C(C)(C)C)cc1C(C)CC(=O)O. The number of hydrogen-bond acceptors (Lipinski definition) is 1. The van der Waals surface area contributed by atoms with Crippen molar-refractivity contribution in [3.05, 3.63) is 34.9 Å². The minimum Gasteiger partial charge on any atom is -0.481 e. The second kappa shape index (κ2) is 5.55. The third-order valence-corrected chi connectivity index (χ3v) is 3.40. The maximum Gasteiger partial charge on any atom is 0.303 e. The Labute approximate surface area is 110 Å². The van der Waals surface area contributed by atoms with Crippen LogP contribution in [0.2, 0.25) is 0 Å². The lowest BCUT2D eigenvalue weighted by Gasteiger charge is -2.23. The van der Waals surface area contributed by atoms with E-state index in [4.69, 9.17) is 5.11 Å². The quantitative estimate of drug-likeness (QED) is 0.870. The van der Waals surface area contributed by atoms with E-state index in [-0.39, 0.29) is 17.8 Å². The molecule has 2 heteroatoms. The van der Waals surface area contributed by atoms with E-state index in [9.17, 15) is 4.79 Å². The predicted molar refractivity (Wildman–Crippen MR) is 75.2 cm³/mol. The molecule has 0 fully saturated rings. The summed E-state index contributed by atoms with van der Waals surface area (Å²) in [6.07, 6.45) is 1.14. The van der Waals surface area contributed by atoms with Gasteiger partial charge in [0.15, 0.2) is 0 Å². The van der Waals surface area contributed by atoms with Gasteiger partial charge in [0.25, 0.3) is 0 Å². The molecule has 0 heterocycles. The number of carboxylic acid groups (broad SMARTS) is 1. The van der Waals surface area contributed by atoms with Crippen LogP contribution in [0, 0.1) is 0 Å². The van der Waals surface area contributed by atoms with Gasteiger partial charge in [-0.25, -0.2) is 0 Å². The van der Waals surface area contributed by atoms with Crippen LogP contribution in [0.15, 0.2) is 18.2 Å². The van der Waals surface area contributed by atoms with Gasteiger partial charge in [-0.2, -0.15) is 0 Å². The van der Waals surface area contributed by atoms with Gasteiger partial charge in [0, 0.05) is 0 Å². The highest BCUT2D eigenvalue weighted by molar-refractivity contribution is 5.68. The van der Waals surface area contributed by atoms with Crippen molar-refractivity contribution in [3.8, 4) is 0 Å². The summed E-state index contributed by atoms with van der Waals surface area (Å²) in [5.74, 6) is -0.662. The summed E-state index contributed by atoms with van der Waals surface area (Å²) in [6.45, 7) is 10.6. The Kier molecular flexibility index (Phi) is 4.55. The van der Waals surface area contributed by atoms with E-state index in [2.05, 4.69) is 45.9 Å². The Balaban J connectivity index is 3.17. The van der Waals surface area contributed by atoms with Crippen molar-refractivity contribution in [2.75, 3.05) is 0 Å². The van der Waals surface area contributed by atoms with Crippen LogP contribution in [0.3, 0.4) is 0 Å². The zero-order valence-electron chi connectivity index (χ0n) is 12.1. The molecule has 1 unspecified atom stereocenters. The van der Waals surface area contributed by atoms with E-state index >= 15 is 0 Å². The molecule has 0 amide bonds. The Morgan fingerprint density at radius 1 is 1.33 bits per heavy atom. The van der Waals surface area contributed by atoms with Crippen LogP contribution in [0.25, 0.3) is 0 Å². The molecule has 0 saturated heterocycles. The van der Waals surface area contributed by atoms with Gasteiger partial charge in [0.1, 0.15) is 0 Å². The molecule has 1 aromatic rings. The van der Waals surface area contributed by atoms with Gasteiger partial charge in [0.05, 0.1) is 6.42 Å². The third-order valence-electron chi connectivity index (χ3n) is 3.40. The van der Waals surface area contributed by atoms with E-state index in [0.29, 0.717) is 0 Å². The van der Waals surface area contributed by atoms with E-state index in [0.717, 1.165) is 6.42 Å². The van der Waals surface area contributed by atoms with E-state index in [1.807, 2.05) is 6.92 Å². The van der Waals surface area contributed by atoms with Crippen molar-refractivity contribution in [3.63, 3.8) is 0 Å². The molecule has 0 radical (unpaired) electrons. The molecule has 1 atom stereocenters. The van der Waals surface area contributed by atoms with Crippen LogP contribution in [0.5, 0.6) is 0 Å². The highest BCUT2D eigenvalue weighted by Crippen LogP contribution is 2.30. The molecular formula is C16H24O2. The molecule has 0 aromatic heterocycles. The van der Waals surface area contributed by atoms with Crippen LogP contribution in [0.1, 0.15) is 63.6 Å². The van der Waals surface area contributed by atoms with E-state index < -0.39 is 5.97 Å². The first-order chi connectivity index (χ1) is 8.25. The van der Waals surface area contributed by atoms with Crippen molar-refractivity contribution in [1.82, 2.24) is 0 Å². The molecule has 0 aliphatic heterocycles. The smallest absolute Gasteiger partial charge is 0.303 e. The van der Waals surface area contributed by atoms with Crippen molar-refractivity contribution in [2.24, 2.45) is 0 Å². The molecule has 1 N–H and O–H groups in total. The number of carbonyl (C=O) groups is 1. The summed E-state index contributed by atoms with van der Waals surface area (Å²) >= 11 is 0. The van der Waals surface area contributed by atoms with Crippen molar-refractivity contribution in [1.29, 1.82) is 0 Å². The zero-order valence-corrected chi connectivity index (χ0v) is 12.1. The Hall–Kier alpha value is -1.31. The lowest BCUT2D eigenvalue weighted by atomic mass is 9.82. The third kappa shape index (κ3) is 3.59. The number of rotatable bonds is 4. The minimum absolute atomic E-state index is 0.0692. The minimum atomic E-state index is -0.731. The summed E-state index contributed by atoms with van der Waals surface area (Å²) in [5, 5.41) is 8.94. The first kappa shape index (κ1) is 14.7. The highest BCUT2D eigenvalue weighted by atomic mass is 16.4. The molecule has 0 spiro atoms. The lowest BCUT2D eigenvalue weighted by Crippen LogP contribution is -2.13. The van der Waals surface area contributed by atoms with Gasteiger partial charge in [-0.3, -0.25) is 4.79 Å². The molecule has 0 bridgehead atoms. The largest absolute Gasteiger partial charge is 0.481 e. The zero-order chi connectivity index (χ0) is 13.9. The van der Waals surface area contributed by atoms with Gasteiger partial charge in [0.2, 0.25) is 0 Å². The molecular weight excluding hydrogens is 224 g/mol. The summed E-state index contributed by atoms with van der Waals surface area (Å²) in [7, 11) is 0. The normalized spacial score (nSPS) is 13.4. The van der Waals surface area contributed by atoms with Gasteiger partial charge < -0.3 is 5.11 Å². The summed E-state index contributed by atoms with van der Waals surface area (Å²) in [5.41, 5.74) is 3.82. The molecule has 2 nitrogen and oxygen atoms in total. The van der Waals surface area contributed by atoms with Gasteiger partial charge >= 0.3 is 5.97 Å². The fraction of sp³-hybridized carbons (Fsp3) is 0.562. The Morgan fingerprint density at radius 3 is 2.39 bits per heavy atom. The monoisotopic (exact) mass is 248 g/mol. The maximum absolute atomic E-state index is 10.9. The van der Waals surface area contributed by atoms with Crippen molar-refractivity contribution < 1.29 is 9.90 Å². The highest BCUT2D eigenvalue weighted by Gasteiger charge is 2.18. The molecule has 0 saturated carbocycles. The molecule has 1 rings (SSSR count). The average Bonchev–Trinajstić information content (AvgIpc) is 2.26. The Morgan fingerprint density at radius 2 is 1.94 bits per heavy atom. The van der Waals surface area contributed by atoms with Crippen LogP contribution >= 0.6 is 0 Å². The van der Waals surface area contributed by atoms with Crippen molar-refractivity contribution in [2.45, 2.75) is 58.8 Å². The molecule has 1 aromatic carbocycles. The summed E-state index contributed by atoms with van der Waals surface area (Å²) in [6, 6.07) is 6.50. The number of benzene rings is 1. The van der Waals surface area contributed by atoms with Gasteiger partial charge in [-0.1, -0.05) is 52.8 Å². The molecule has 18 heavy (non-hydrogen) atoms. The summed E-state index contributed by atoms with van der Waals surface area (Å²) < 4.78 is 0. The van der Waals surface area contributed by atoms with Gasteiger partial charge in [-0.15, -0.1) is 0 Å². The fourth-order valence-electron chi connectivity index (χ4n) is 2.21. The molecule has 100 valence electrons. The van der Waals surface area contributed by atoms with Crippen LogP contribution in [-0.4, -0.2) is 11.1 Å². The van der Waals surface area contributed by atoms with Crippen molar-refractivity contribution >= 4 is 5.97 Å². The number of aryl methyl sites for hydroxylation is 1. The maximum atomic E-state index is 10.9. The van der Waals surface area contributed by atoms with E-state index in [1.165, 1.54) is 16.7 Å². The predicted octanol–water partition coefficient (Wildman–Crippen LogP) is 4.12. The Bertz CT molecular complexity index is 427. The first-order valence-electron chi connectivity index (χ1n) is 6.60. The lowest BCUT2D eigenvalue weighted by molar-refractivity contribution is -0.137. The van der Waals surface area contributed by atoms with Crippen LogP contribution in [0.4, 0.5) is 0 Å². The number of aliphatic carboxylic acids is 1. The fourth-order valence-corrected chi connectivity index (χ4v) is 2.21. The molecule has 0 aliphatic rings. The number of hydrogen-bond donors (Lipinski definition) is 1. The second-order valence-electron chi connectivity index (χ2n) is 6.02. The average molecular weight is 248 g/mol. The molecule has 0 aliphatic carbocycles. The summed E-state index contributed by atoms with van der Waals surface area (Å²) in [4.78, 5) is 10.9. The second-order valence-corrected chi connectivity index (χ2v) is 6.02. The van der Waals surface area contributed by atoms with E-state index in [1.54, 1.807) is 0 Å². The van der Waals surface area contributed by atoms with Crippen LogP contribution < -0.4 is 0 Å². The first-order valence-corrected chi connectivity index (χ1v) is 6.60.